The van der Waals surface area contributed by atoms with Crippen LogP contribution in [-0.2, 0) is 16.1 Å². The van der Waals surface area contributed by atoms with E-state index in [4.69, 9.17) is 26.5 Å². The summed E-state index contributed by atoms with van der Waals surface area (Å²) < 4.78 is 8.24. The minimum absolute atomic E-state index is 0.0534. The van der Waals surface area contributed by atoms with E-state index in [0.29, 0.717) is 30.0 Å². The number of benzene rings is 2. The van der Waals surface area contributed by atoms with Gasteiger partial charge in [-0.25, -0.2) is 23.8 Å². The third-order valence-electron chi connectivity index (χ3n) is 7.51. The quantitative estimate of drug-likeness (QED) is 0.360. The molecular weight excluding hydrogens is 502 g/mol. The largest absolute Gasteiger partial charge is 0.464 e. The fourth-order valence-corrected chi connectivity index (χ4v) is 5.61. The molecule has 1 saturated carbocycles. The third-order valence-corrected chi connectivity index (χ3v) is 7.76. The van der Waals surface area contributed by atoms with Gasteiger partial charge in [-0.3, -0.25) is 0 Å². The Morgan fingerprint density at radius 3 is 2.47 bits per heavy atom. The van der Waals surface area contributed by atoms with Crippen LogP contribution in [0.3, 0.4) is 0 Å². The molecule has 8 nitrogen and oxygen atoms in total. The maximum absolute atomic E-state index is 13.7. The lowest BCUT2D eigenvalue weighted by molar-refractivity contribution is -0.146. The van der Waals surface area contributed by atoms with Gasteiger partial charge in [0.05, 0.1) is 18.9 Å². The molecule has 0 saturated heterocycles. The molecule has 1 fully saturated rings. The molecule has 1 aliphatic carbocycles. The summed E-state index contributed by atoms with van der Waals surface area (Å²) in [4.78, 5) is 26.5. The van der Waals surface area contributed by atoms with E-state index < -0.39 is 12.0 Å². The van der Waals surface area contributed by atoms with Crippen molar-refractivity contribution < 1.29 is 9.53 Å². The van der Waals surface area contributed by atoms with Crippen LogP contribution in [0.1, 0.15) is 69.0 Å². The van der Waals surface area contributed by atoms with Crippen LogP contribution in [0.15, 0.2) is 64.5 Å². The zero-order chi connectivity index (χ0) is 26.6. The Hall–Kier alpha value is -3.39. The second-order valence-electron chi connectivity index (χ2n) is 10.1. The number of anilines is 1. The molecule has 38 heavy (non-hydrogen) atoms. The molecule has 200 valence electrons. The Kier molecular flexibility index (Phi) is 7.98. The Morgan fingerprint density at radius 2 is 1.79 bits per heavy atom. The lowest BCUT2D eigenvalue weighted by Crippen LogP contribution is -2.34. The SMILES string of the molecule is CCOC(=O)C(C)n1c(N2C[C@H](c3ccccc3)C(c3ccc(Cl)cc3)=N2)nn(CC2CCCCC2)c1=O. The molecule has 0 radical (unpaired) electrons. The predicted octanol–water partition coefficient (Wildman–Crippen LogP) is 5.41. The average molecular weight is 536 g/mol. The zero-order valence-corrected chi connectivity index (χ0v) is 22.7. The van der Waals surface area contributed by atoms with Crippen molar-refractivity contribution in [2.75, 3.05) is 18.2 Å². The van der Waals surface area contributed by atoms with Gasteiger partial charge in [-0.15, -0.1) is 5.10 Å². The summed E-state index contributed by atoms with van der Waals surface area (Å²) in [5.41, 5.74) is 2.60. The minimum atomic E-state index is -0.831. The number of nitrogens with zero attached hydrogens (tertiary/aromatic N) is 5. The van der Waals surface area contributed by atoms with Gasteiger partial charge in [0.1, 0.15) is 6.04 Å². The summed E-state index contributed by atoms with van der Waals surface area (Å²) in [6, 6.07) is 16.9. The first-order valence-corrected chi connectivity index (χ1v) is 13.9. The van der Waals surface area contributed by atoms with Gasteiger partial charge >= 0.3 is 11.7 Å². The third kappa shape index (κ3) is 5.41. The first-order chi connectivity index (χ1) is 18.5. The molecule has 1 aliphatic heterocycles. The number of aromatic nitrogens is 3. The van der Waals surface area contributed by atoms with Gasteiger partial charge in [0.2, 0.25) is 5.95 Å². The zero-order valence-electron chi connectivity index (χ0n) is 21.9. The van der Waals surface area contributed by atoms with Crippen molar-refractivity contribution in [1.29, 1.82) is 0 Å². The number of hydrazone groups is 1. The molecule has 0 amide bonds. The fourth-order valence-electron chi connectivity index (χ4n) is 5.48. The highest BCUT2D eigenvalue weighted by Crippen LogP contribution is 2.32. The number of carbonyl (C=O) groups is 1. The lowest BCUT2D eigenvalue weighted by Gasteiger charge is -2.20. The van der Waals surface area contributed by atoms with E-state index in [0.717, 1.165) is 29.7 Å². The summed E-state index contributed by atoms with van der Waals surface area (Å²) in [5.74, 6) is 0.242. The van der Waals surface area contributed by atoms with E-state index in [1.807, 2.05) is 42.5 Å². The van der Waals surface area contributed by atoms with Crippen LogP contribution < -0.4 is 10.7 Å². The lowest BCUT2D eigenvalue weighted by atomic mass is 9.89. The summed E-state index contributed by atoms with van der Waals surface area (Å²) in [5, 5.41) is 12.2. The summed E-state index contributed by atoms with van der Waals surface area (Å²) >= 11 is 6.16. The highest BCUT2D eigenvalue weighted by Gasteiger charge is 2.35. The summed E-state index contributed by atoms with van der Waals surface area (Å²) in [6.45, 7) is 4.70. The van der Waals surface area contributed by atoms with Crippen molar-refractivity contribution in [3.05, 3.63) is 81.2 Å². The molecule has 2 atom stereocenters. The van der Waals surface area contributed by atoms with Gasteiger partial charge in [-0.2, -0.15) is 5.10 Å². The van der Waals surface area contributed by atoms with Gasteiger partial charge in [0.15, 0.2) is 0 Å². The van der Waals surface area contributed by atoms with Crippen LogP contribution in [0, 0.1) is 5.92 Å². The molecule has 0 spiro atoms. The Morgan fingerprint density at radius 1 is 1.08 bits per heavy atom. The van der Waals surface area contributed by atoms with Gasteiger partial charge in [0.25, 0.3) is 0 Å². The highest BCUT2D eigenvalue weighted by molar-refractivity contribution is 6.30. The minimum Gasteiger partial charge on any atom is -0.464 e. The fraction of sp³-hybridized carbons (Fsp3) is 0.448. The van der Waals surface area contributed by atoms with Crippen LogP contribution >= 0.6 is 11.6 Å². The van der Waals surface area contributed by atoms with Gasteiger partial charge in [-0.1, -0.05) is 73.3 Å². The second-order valence-corrected chi connectivity index (χ2v) is 10.5. The summed E-state index contributed by atoms with van der Waals surface area (Å²) in [7, 11) is 0. The van der Waals surface area contributed by atoms with Crippen molar-refractivity contribution in [2.24, 2.45) is 11.0 Å². The molecule has 0 bridgehead atoms. The van der Waals surface area contributed by atoms with E-state index in [9.17, 15) is 9.59 Å². The second kappa shape index (κ2) is 11.6. The van der Waals surface area contributed by atoms with E-state index >= 15 is 0 Å². The molecule has 3 aromatic rings. The maximum Gasteiger partial charge on any atom is 0.348 e. The number of hydrogen-bond acceptors (Lipinski definition) is 6. The van der Waals surface area contributed by atoms with Crippen molar-refractivity contribution in [3.8, 4) is 0 Å². The number of carbonyl (C=O) groups excluding carboxylic acids is 1. The van der Waals surface area contributed by atoms with Crippen LogP contribution in [0.5, 0.6) is 0 Å². The van der Waals surface area contributed by atoms with Crippen molar-refractivity contribution in [1.82, 2.24) is 14.3 Å². The Balaban J connectivity index is 1.57. The van der Waals surface area contributed by atoms with E-state index in [1.54, 1.807) is 18.9 Å². The van der Waals surface area contributed by atoms with Crippen LogP contribution in [0.25, 0.3) is 0 Å². The Bertz CT molecular complexity index is 1340. The summed E-state index contributed by atoms with van der Waals surface area (Å²) in [6.07, 6.45) is 5.75. The molecule has 1 unspecified atom stereocenters. The Labute approximate surface area is 227 Å². The van der Waals surface area contributed by atoms with Crippen molar-refractivity contribution in [3.63, 3.8) is 0 Å². The van der Waals surface area contributed by atoms with Crippen molar-refractivity contribution >= 4 is 29.2 Å². The van der Waals surface area contributed by atoms with E-state index in [-0.39, 0.29) is 18.2 Å². The number of rotatable bonds is 8. The normalized spacial score (nSPS) is 18.9. The smallest absolute Gasteiger partial charge is 0.348 e. The van der Waals surface area contributed by atoms with Crippen LogP contribution in [0.4, 0.5) is 5.95 Å². The molecular formula is C29H34ClN5O3. The first kappa shape index (κ1) is 26.2. The van der Waals surface area contributed by atoms with Gasteiger partial charge < -0.3 is 4.74 Å². The molecule has 2 aromatic carbocycles. The molecule has 5 rings (SSSR count). The molecule has 2 heterocycles. The van der Waals surface area contributed by atoms with E-state index in [1.165, 1.54) is 28.5 Å². The highest BCUT2D eigenvalue weighted by atomic mass is 35.5. The molecule has 9 heteroatoms. The number of hydrogen-bond donors (Lipinski definition) is 0. The van der Waals surface area contributed by atoms with Gasteiger partial charge in [-0.05, 0) is 55.9 Å². The topological polar surface area (TPSA) is 81.7 Å². The number of ether oxygens (including phenoxy) is 1. The number of esters is 1. The van der Waals surface area contributed by atoms with Crippen molar-refractivity contribution in [2.45, 2.75) is 64.5 Å². The molecule has 2 aliphatic rings. The molecule has 1 aromatic heterocycles. The maximum atomic E-state index is 13.7. The molecule has 0 N–H and O–H groups in total. The monoisotopic (exact) mass is 535 g/mol. The average Bonchev–Trinajstić information content (AvgIpc) is 3.52. The first-order valence-electron chi connectivity index (χ1n) is 13.5. The van der Waals surface area contributed by atoms with Crippen LogP contribution in [-0.4, -0.2) is 39.2 Å². The standard InChI is InChI=1S/C29H34ClN5O3/c1-3-38-27(36)20(2)35-28(32-34(29(35)37)18-21-10-6-4-7-11-21)33-19-25(22-12-8-5-9-13-22)26(31-33)23-14-16-24(30)17-15-23/h5,8-9,12-17,20-21,25H,3-4,6-7,10-11,18-19H2,1-2H3/t20?,25-/m1/s1. The van der Waals surface area contributed by atoms with Gasteiger partial charge in [0, 0.05) is 17.5 Å². The number of halogens is 1. The predicted molar refractivity (Wildman–Crippen MR) is 149 cm³/mol. The van der Waals surface area contributed by atoms with E-state index in [2.05, 4.69) is 12.1 Å². The van der Waals surface area contributed by atoms with Crippen LogP contribution in [0.2, 0.25) is 5.02 Å².